The Hall–Kier alpha value is -1.88. The van der Waals surface area contributed by atoms with Crippen molar-refractivity contribution in [2.75, 3.05) is 11.9 Å². The van der Waals surface area contributed by atoms with Crippen molar-refractivity contribution in [2.45, 2.75) is 66.5 Å². The van der Waals surface area contributed by atoms with Crippen LogP contribution in [0.3, 0.4) is 0 Å². The van der Waals surface area contributed by atoms with Crippen LogP contribution in [0.2, 0.25) is 0 Å². The minimum atomic E-state index is -0.0853. The van der Waals surface area contributed by atoms with Crippen LogP contribution in [0.25, 0.3) is 0 Å². The zero-order chi connectivity index (χ0) is 20.7. The van der Waals surface area contributed by atoms with Crippen LogP contribution in [0.15, 0.2) is 24.3 Å². The Bertz CT molecular complexity index is 640. The topological polar surface area (TPSA) is 67.4 Å². The molecule has 1 aliphatic rings. The molecule has 2 N–H and O–H groups in total. The summed E-state index contributed by atoms with van der Waals surface area (Å²) in [6.45, 7) is 11.0. The van der Waals surface area contributed by atoms with Crippen molar-refractivity contribution in [3.63, 3.8) is 0 Å². The maximum atomic E-state index is 12.2. The zero-order valence-corrected chi connectivity index (χ0v) is 18.0. The van der Waals surface area contributed by atoms with Gasteiger partial charge in [-0.15, -0.1) is 0 Å². The van der Waals surface area contributed by atoms with Crippen LogP contribution >= 0.6 is 0 Å². The molecule has 2 rings (SSSR count). The van der Waals surface area contributed by atoms with Gasteiger partial charge in [0.2, 0.25) is 11.8 Å². The lowest BCUT2D eigenvalue weighted by molar-refractivity contribution is -0.131. The average Bonchev–Trinajstić information content (AvgIpc) is 2.65. The van der Waals surface area contributed by atoms with Gasteiger partial charge in [-0.1, -0.05) is 53.2 Å². The van der Waals surface area contributed by atoms with E-state index in [0.717, 1.165) is 17.7 Å². The van der Waals surface area contributed by atoms with Crippen LogP contribution in [0.4, 0.5) is 5.69 Å². The number of amides is 2. The van der Waals surface area contributed by atoms with Gasteiger partial charge in [-0.2, -0.15) is 0 Å². The van der Waals surface area contributed by atoms with Crippen LogP contribution < -0.4 is 10.6 Å². The van der Waals surface area contributed by atoms with E-state index in [0.29, 0.717) is 24.3 Å². The van der Waals surface area contributed by atoms with Crippen molar-refractivity contribution >= 4 is 17.5 Å². The summed E-state index contributed by atoms with van der Waals surface area (Å²) in [6.07, 6.45) is 3.66. The molecule has 0 aromatic heterocycles. The molecule has 1 aromatic rings. The Labute approximate surface area is 169 Å². The number of carbonyl (C=O) groups excluding carboxylic acids is 2. The van der Waals surface area contributed by atoms with Crippen LogP contribution in [0.1, 0.15) is 59.4 Å². The Balaban J connectivity index is 1.76. The van der Waals surface area contributed by atoms with Crippen LogP contribution in [0, 0.1) is 23.7 Å². The van der Waals surface area contributed by atoms with Gasteiger partial charge in [0.1, 0.15) is 6.61 Å². The van der Waals surface area contributed by atoms with Gasteiger partial charge in [0.25, 0.3) is 0 Å². The predicted molar refractivity (Wildman–Crippen MR) is 113 cm³/mol. The molecule has 5 heteroatoms. The minimum Gasteiger partial charge on any atom is -0.368 e. The molecular formula is C23H36N2O3. The van der Waals surface area contributed by atoms with Crippen molar-refractivity contribution < 1.29 is 14.3 Å². The van der Waals surface area contributed by atoms with Crippen molar-refractivity contribution in [3.8, 4) is 0 Å². The minimum absolute atomic E-state index is 0.00469. The molecule has 1 fully saturated rings. The maximum Gasteiger partial charge on any atom is 0.246 e. The first-order chi connectivity index (χ1) is 13.3. The Morgan fingerprint density at radius 3 is 2.39 bits per heavy atom. The standard InChI is InChI=1S/C23H36N2O3/c1-15(2)20-11-6-17(5)12-21(20)28-14-22(26)24-13-18-7-9-19(10-8-18)25-23(27)16(3)4/h7-10,15-17,20-21H,6,11-14H2,1-5H3,(H,24,26)(H,25,27)/t17-,20+,21-/m1/s1. The molecule has 5 nitrogen and oxygen atoms in total. The second-order valence-electron chi connectivity index (χ2n) is 8.79. The second-order valence-corrected chi connectivity index (χ2v) is 8.79. The van der Waals surface area contributed by atoms with Gasteiger partial charge in [-0.25, -0.2) is 0 Å². The quantitative estimate of drug-likeness (QED) is 0.695. The molecule has 3 atom stereocenters. The molecule has 0 heterocycles. The van der Waals surface area contributed by atoms with Gasteiger partial charge in [0, 0.05) is 18.2 Å². The highest BCUT2D eigenvalue weighted by Gasteiger charge is 2.31. The first kappa shape index (κ1) is 22.4. The Morgan fingerprint density at radius 2 is 1.79 bits per heavy atom. The first-order valence-corrected chi connectivity index (χ1v) is 10.5. The summed E-state index contributed by atoms with van der Waals surface area (Å²) in [6, 6.07) is 7.53. The van der Waals surface area contributed by atoms with Crippen molar-refractivity contribution in [1.82, 2.24) is 5.32 Å². The Morgan fingerprint density at radius 1 is 1.11 bits per heavy atom. The summed E-state index contributed by atoms with van der Waals surface area (Å²) in [4.78, 5) is 23.9. The molecule has 1 aliphatic carbocycles. The fraction of sp³-hybridized carbons (Fsp3) is 0.652. The molecule has 0 spiro atoms. The molecular weight excluding hydrogens is 352 g/mol. The number of nitrogens with one attached hydrogen (secondary N) is 2. The summed E-state index contributed by atoms with van der Waals surface area (Å²) in [5, 5.41) is 5.78. The van der Waals surface area contributed by atoms with Gasteiger partial charge >= 0.3 is 0 Å². The van der Waals surface area contributed by atoms with E-state index in [1.54, 1.807) is 0 Å². The molecule has 0 radical (unpaired) electrons. The number of benzene rings is 1. The van der Waals surface area contributed by atoms with E-state index >= 15 is 0 Å². The summed E-state index contributed by atoms with van der Waals surface area (Å²) >= 11 is 0. The smallest absolute Gasteiger partial charge is 0.246 e. The summed E-state index contributed by atoms with van der Waals surface area (Å²) in [7, 11) is 0. The number of carbonyl (C=O) groups is 2. The molecule has 156 valence electrons. The lowest BCUT2D eigenvalue weighted by Crippen LogP contribution is -2.37. The molecule has 2 amide bonds. The van der Waals surface area contributed by atoms with Gasteiger partial charge in [-0.05, 0) is 48.3 Å². The highest BCUT2D eigenvalue weighted by Crippen LogP contribution is 2.35. The maximum absolute atomic E-state index is 12.2. The number of anilines is 1. The molecule has 1 aromatic carbocycles. The lowest BCUT2D eigenvalue weighted by atomic mass is 9.75. The summed E-state index contributed by atoms with van der Waals surface area (Å²) in [5.41, 5.74) is 1.76. The molecule has 0 unspecified atom stereocenters. The summed E-state index contributed by atoms with van der Waals surface area (Å²) in [5.74, 6) is 1.64. The van der Waals surface area contributed by atoms with E-state index in [4.69, 9.17) is 4.74 Å². The Kier molecular flexibility index (Phi) is 8.49. The van der Waals surface area contributed by atoms with Gasteiger partial charge in [0.15, 0.2) is 0 Å². The monoisotopic (exact) mass is 388 g/mol. The largest absolute Gasteiger partial charge is 0.368 e. The second kappa shape index (κ2) is 10.6. The lowest BCUT2D eigenvalue weighted by Gasteiger charge is -2.37. The molecule has 0 saturated heterocycles. The predicted octanol–water partition coefficient (Wildman–Crippen LogP) is 4.37. The van der Waals surface area contributed by atoms with Crippen molar-refractivity contribution in [3.05, 3.63) is 29.8 Å². The van der Waals surface area contributed by atoms with Gasteiger partial charge < -0.3 is 15.4 Å². The normalized spacial score (nSPS) is 22.3. The highest BCUT2D eigenvalue weighted by atomic mass is 16.5. The number of ether oxygens (including phenoxy) is 1. The van der Waals surface area contributed by atoms with Crippen molar-refractivity contribution in [1.29, 1.82) is 0 Å². The van der Waals surface area contributed by atoms with Gasteiger partial charge in [-0.3, -0.25) is 9.59 Å². The van der Waals surface area contributed by atoms with Crippen LogP contribution in [-0.4, -0.2) is 24.5 Å². The molecule has 28 heavy (non-hydrogen) atoms. The van der Waals surface area contributed by atoms with E-state index in [-0.39, 0.29) is 30.4 Å². The zero-order valence-electron chi connectivity index (χ0n) is 18.0. The number of hydrogen-bond donors (Lipinski definition) is 2. The fourth-order valence-electron chi connectivity index (χ4n) is 3.73. The SMILES string of the molecule is CC(C)C(=O)Nc1ccc(CNC(=O)CO[C@@H]2C[C@H](C)CC[C@H]2C(C)C)cc1. The molecule has 0 bridgehead atoms. The number of rotatable bonds is 8. The average molecular weight is 389 g/mol. The van der Waals surface area contributed by atoms with E-state index in [9.17, 15) is 9.59 Å². The first-order valence-electron chi connectivity index (χ1n) is 10.5. The molecule has 0 aliphatic heterocycles. The van der Waals surface area contributed by atoms with Crippen LogP contribution in [-0.2, 0) is 20.9 Å². The van der Waals surface area contributed by atoms with E-state index in [1.807, 2.05) is 38.1 Å². The third-order valence-electron chi connectivity index (χ3n) is 5.63. The fourth-order valence-corrected chi connectivity index (χ4v) is 3.73. The van der Waals surface area contributed by atoms with Crippen LogP contribution in [0.5, 0.6) is 0 Å². The number of hydrogen-bond acceptors (Lipinski definition) is 3. The van der Waals surface area contributed by atoms with Gasteiger partial charge in [0.05, 0.1) is 6.10 Å². The van der Waals surface area contributed by atoms with E-state index in [1.165, 1.54) is 12.8 Å². The van der Waals surface area contributed by atoms with E-state index < -0.39 is 0 Å². The summed E-state index contributed by atoms with van der Waals surface area (Å²) < 4.78 is 6.00. The molecule has 1 saturated carbocycles. The van der Waals surface area contributed by atoms with E-state index in [2.05, 4.69) is 31.4 Å². The van der Waals surface area contributed by atoms with Crippen molar-refractivity contribution in [2.24, 2.45) is 23.7 Å². The highest BCUT2D eigenvalue weighted by molar-refractivity contribution is 5.92. The third kappa shape index (κ3) is 6.93. The third-order valence-corrected chi connectivity index (χ3v) is 5.63.